The van der Waals surface area contributed by atoms with Gasteiger partial charge in [-0.2, -0.15) is 0 Å². The lowest BCUT2D eigenvalue weighted by atomic mass is 9.85. The van der Waals surface area contributed by atoms with Gasteiger partial charge in [0.05, 0.1) is 0 Å². The summed E-state index contributed by atoms with van der Waals surface area (Å²) in [5.41, 5.74) is 9.23. The number of rotatable bonds is 2. The van der Waals surface area contributed by atoms with Gasteiger partial charge in [0.1, 0.15) is 0 Å². The molecule has 1 aromatic carbocycles. The smallest absolute Gasteiger partial charge is 0.0465 e. The molecule has 0 spiro atoms. The van der Waals surface area contributed by atoms with E-state index in [-0.39, 0.29) is 11.5 Å². The van der Waals surface area contributed by atoms with Crippen LogP contribution in [-0.2, 0) is 5.41 Å². The van der Waals surface area contributed by atoms with Gasteiger partial charge in [0.2, 0.25) is 0 Å². The van der Waals surface area contributed by atoms with E-state index < -0.39 is 0 Å². The summed E-state index contributed by atoms with van der Waals surface area (Å²) < 4.78 is 0. The second-order valence-electron chi connectivity index (χ2n) is 6.65. The van der Waals surface area contributed by atoms with Crippen LogP contribution in [0.3, 0.4) is 0 Å². The summed E-state index contributed by atoms with van der Waals surface area (Å²) in [6, 6.07) is 9.26. The van der Waals surface area contributed by atoms with E-state index in [1.54, 1.807) is 0 Å². The Morgan fingerprint density at radius 2 is 1.89 bits per heavy atom. The summed E-state index contributed by atoms with van der Waals surface area (Å²) >= 11 is 0. The molecule has 3 heteroatoms. The first kappa shape index (κ1) is 14.5. The fourth-order valence-electron chi connectivity index (χ4n) is 2.66. The molecule has 19 heavy (non-hydrogen) atoms. The van der Waals surface area contributed by atoms with Crippen LogP contribution >= 0.6 is 0 Å². The van der Waals surface area contributed by atoms with Crippen molar-refractivity contribution >= 4 is 0 Å². The fourth-order valence-corrected chi connectivity index (χ4v) is 2.66. The van der Waals surface area contributed by atoms with E-state index in [4.69, 9.17) is 5.73 Å². The molecule has 0 amide bonds. The van der Waals surface area contributed by atoms with Gasteiger partial charge in [-0.05, 0) is 23.6 Å². The predicted octanol–water partition coefficient (Wildman–Crippen LogP) is 1.89. The lowest BCUT2D eigenvalue weighted by Gasteiger charge is -2.37. The molecule has 3 N–H and O–H groups in total. The van der Waals surface area contributed by atoms with E-state index in [9.17, 15) is 0 Å². The number of hydrogen-bond acceptors (Lipinski definition) is 3. The molecular formula is C16H27N3. The minimum absolute atomic E-state index is 0.0758. The van der Waals surface area contributed by atoms with E-state index in [2.05, 4.69) is 62.3 Å². The second-order valence-corrected chi connectivity index (χ2v) is 6.65. The van der Waals surface area contributed by atoms with E-state index in [1.807, 2.05) is 0 Å². The molecule has 1 aliphatic rings. The molecule has 0 aromatic heterocycles. The average Bonchev–Trinajstić information content (AvgIpc) is 2.38. The Bertz CT molecular complexity index is 405. The molecule has 2 atom stereocenters. The topological polar surface area (TPSA) is 41.3 Å². The molecule has 3 nitrogen and oxygen atoms in total. The summed E-state index contributed by atoms with van der Waals surface area (Å²) in [6.45, 7) is 9.81. The minimum atomic E-state index is 0.0758. The maximum absolute atomic E-state index is 6.44. The maximum atomic E-state index is 6.44. The van der Waals surface area contributed by atoms with E-state index in [0.29, 0.717) is 6.04 Å². The third kappa shape index (κ3) is 3.35. The van der Waals surface area contributed by atoms with E-state index in [1.165, 1.54) is 11.1 Å². The van der Waals surface area contributed by atoms with Crippen LogP contribution in [0.25, 0.3) is 0 Å². The van der Waals surface area contributed by atoms with Gasteiger partial charge in [-0.15, -0.1) is 0 Å². The van der Waals surface area contributed by atoms with Crippen LogP contribution in [0.1, 0.15) is 37.9 Å². The number of benzene rings is 1. The van der Waals surface area contributed by atoms with Crippen molar-refractivity contribution < 1.29 is 0 Å². The maximum Gasteiger partial charge on any atom is 0.0465 e. The largest absolute Gasteiger partial charge is 0.323 e. The van der Waals surface area contributed by atoms with Crippen molar-refractivity contribution in [3.8, 4) is 0 Å². The van der Waals surface area contributed by atoms with Crippen molar-refractivity contribution in [1.82, 2.24) is 10.2 Å². The third-order valence-electron chi connectivity index (χ3n) is 4.14. The molecule has 1 saturated heterocycles. The van der Waals surface area contributed by atoms with Gasteiger partial charge in [-0.3, -0.25) is 4.90 Å². The first-order chi connectivity index (χ1) is 8.89. The van der Waals surface area contributed by atoms with Crippen LogP contribution in [0.15, 0.2) is 24.3 Å². The lowest BCUT2D eigenvalue weighted by Crippen LogP contribution is -2.53. The minimum Gasteiger partial charge on any atom is -0.323 e. The highest BCUT2D eigenvalue weighted by atomic mass is 15.2. The van der Waals surface area contributed by atoms with Gasteiger partial charge in [-0.25, -0.2) is 0 Å². The first-order valence-corrected chi connectivity index (χ1v) is 7.16. The molecule has 0 bridgehead atoms. The SMILES string of the molecule is CN1CCNCC1C(N)c1ccc(C(C)(C)C)cc1. The van der Waals surface area contributed by atoms with Crippen LogP contribution in [-0.4, -0.2) is 37.6 Å². The first-order valence-electron chi connectivity index (χ1n) is 7.16. The zero-order chi connectivity index (χ0) is 14.0. The molecule has 1 aliphatic heterocycles. The highest BCUT2D eigenvalue weighted by molar-refractivity contribution is 5.30. The highest BCUT2D eigenvalue weighted by Gasteiger charge is 2.26. The Kier molecular flexibility index (Phi) is 4.29. The molecule has 2 rings (SSSR count). The van der Waals surface area contributed by atoms with Gasteiger partial charge in [0.25, 0.3) is 0 Å². The highest BCUT2D eigenvalue weighted by Crippen LogP contribution is 2.25. The van der Waals surface area contributed by atoms with Crippen LogP contribution in [0, 0.1) is 0 Å². The zero-order valence-electron chi connectivity index (χ0n) is 12.6. The number of hydrogen-bond donors (Lipinski definition) is 2. The zero-order valence-corrected chi connectivity index (χ0v) is 12.6. The number of likely N-dealkylation sites (N-methyl/N-ethyl adjacent to an activating group) is 1. The number of piperazine rings is 1. The number of nitrogens with zero attached hydrogens (tertiary/aromatic N) is 1. The standard InChI is InChI=1S/C16H27N3/c1-16(2,3)13-7-5-12(6-8-13)15(17)14-11-18-9-10-19(14)4/h5-8,14-15,18H,9-11,17H2,1-4H3. The lowest BCUT2D eigenvalue weighted by molar-refractivity contribution is 0.174. The van der Waals surface area contributed by atoms with Gasteiger partial charge in [0, 0.05) is 31.7 Å². The Hall–Kier alpha value is -0.900. The van der Waals surface area contributed by atoms with E-state index in [0.717, 1.165) is 19.6 Å². The summed E-state index contributed by atoms with van der Waals surface area (Å²) in [5, 5.41) is 3.43. The molecule has 1 aromatic rings. The summed E-state index contributed by atoms with van der Waals surface area (Å²) in [5.74, 6) is 0. The number of nitrogens with one attached hydrogen (secondary N) is 1. The molecule has 106 valence electrons. The van der Waals surface area contributed by atoms with Crippen LogP contribution in [0.4, 0.5) is 0 Å². The van der Waals surface area contributed by atoms with Crippen LogP contribution in [0.5, 0.6) is 0 Å². The van der Waals surface area contributed by atoms with Crippen LogP contribution < -0.4 is 11.1 Å². The Morgan fingerprint density at radius 3 is 2.42 bits per heavy atom. The number of nitrogens with two attached hydrogens (primary N) is 1. The quantitative estimate of drug-likeness (QED) is 0.854. The van der Waals surface area contributed by atoms with Crippen molar-refractivity contribution in [2.45, 2.75) is 38.3 Å². The average molecular weight is 261 g/mol. The molecule has 1 fully saturated rings. The molecule has 1 heterocycles. The Balaban J connectivity index is 2.13. The van der Waals surface area contributed by atoms with Gasteiger partial charge >= 0.3 is 0 Å². The van der Waals surface area contributed by atoms with Gasteiger partial charge in [0.15, 0.2) is 0 Å². The normalized spacial score (nSPS) is 23.3. The Labute approximate surface area is 117 Å². The molecule has 2 unspecified atom stereocenters. The second kappa shape index (κ2) is 5.61. The van der Waals surface area contributed by atoms with Crippen molar-refractivity contribution in [2.75, 3.05) is 26.7 Å². The van der Waals surface area contributed by atoms with E-state index >= 15 is 0 Å². The molecule has 0 saturated carbocycles. The molecule has 0 radical (unpaired) electrons. The fraction of sp³-hybridized carbons (Fsp3) is 0.625. The summed E-state index contributed by atoms with van der Waals surface area (Å²) in [7, 11) is 2.16. The van der Waals surface area contributed by atoms with Crippen molar-refractivity contribution in [2.24, 2.45) is 5.73 Å². The molecular weight excluding hydrogens is 234 g/mol. The summed E-state index contributed by atoms with van der Waals surface area (Å²) in [4.78, 5) is 2.36. The Morgan fingerprint density at radius 1 is 1.26 bits per heavy atom. The summed E-state index contributed by atoms with van der Waals surface area (Å²) in [6.07, 6.45) is 0. The van der Waals surface area contributed by atoms with Crippen molar-refractivity contribution in [1.29, 1.82) is 0 Å². The van der Waals surface area contributed by atoms with Crippen molar-refractivity contribution in [3.63, 3.8) is 0 Å². The van der Waals surface area contributed by atoms with Gasteiger partial charge < -0.3 is 11.1 Å². The molecule has 0 aliphatic carbocycles. The van der Waals surface area contributed by atoms with Gasteiger partial charge in [-0.1, -0.05) is 45.0 Å². The van der Waals surface area contributed by atoms with Crippen LogP contribution in [0.2, 0.25) is 0 Å². The monoisotopic (exact) mass is 261 g/mol. The predicted molar refractivity (Wildman–Crippen MR) is 81.4 cm³/mol. The third-order valence-corrected chi connectivity index (χ3v) is 4.14. The van der Waals surface area contributed by atoms with Crippen molar-refractivity contribution in [3.05, 3.63) is 35.4 Å².